The van der Waals surface area contributed by atoms with Gasteiger partial charge in [-0.15, -0.1) is 0 Å². The number of nitrogens with zero attached hydrogens (tertiary/aromatic N) is 3. The molecule has 0 saturated carbocycles. The van der Waals surface area contributed by atoms with Gasteiger partial charge in [-0.3, -0.25) is 4.90 Å². The smallest absolute Gasteiger partial charge is 0.328 e. The van der Waals surface area contributed by atoms with Crippen molar-refractivity contribution in [2.45, 2.75) is 19.4 Å². The lowest BCUT2D eigenvalue weighted by atomic mass is 9.93. The maximum Gasteiger partial charge on any atom is 0.328 e. The Kier molecular flexibility index (Phi) is 9.57. The average Bonchev–Trinajstić information content (AvgIpc) is 3.28. The Morgan fingerprint density at radius 2 is 1.74 bits per heavy atom. The van der Waals surface area contributed by atoms with E-state index in [9.17, 15) is 9.59 Å². The Hall–Kier alpha value is -3.49. The van der Waals surface area contributed by atoms with Crippen molar-refractivity contribution in [2.24, 2.45) is 5.92 Å². The highest BCUT2D eigenvalue weighted by atomic mass is 32.1. The zero-order valence-corrected chi connectivity index (χ0v) is 20.8. The minimum absolute atomic E-state index is 0.555. The number of hydrogen-bond donors (Lipinski definition) is 2. The van der Waals surface area contributed by atoms with Gasteiger partial charge >= 0.3 is 11.9 Å². The number of fused-ring (bicyclic) bond motifs is 1. The van der Waals surface area contributed by atoms with Crippen molar-refractivity contribution < 1.29 is 19.8 Å². The summed E-state index contributed by atoms with van der Waals surface area (Å²) < 4.78 is 1.27. The molecule has 8 heteroatoms. The van der Waals surface area contributed by atoms with E-state index in [-0.39, 0.29) is 0 Å². The lowest BCUT2D eigenvalue weighted by Crippen LogP contribution is -2.49. The molecule has 3 aromatic rings. The topological polar surface area (TPSA) is 94.0 Å². The number of anilines is 1. The number of rotatable bonds is 7. The zero-order chi connectivity index (χ0) is 25.2. The number of para-hydroxylation sites is 1. The summed E-state index contributed by atoms with van der Waals surface area (Å²) in [7, 11) is 2.21. The minimum atomic E-state index is -1.26. The number of carboxylic acid groups (broad SMARTS) is 2. The number of benzene rings is 2. The number of thiazole rings is 1. The van der Waals surface area contributed by atoms with Crippen LogP contribution in [0.1, 0.15) is 18.9 Å². The van der Waals surface area contributed by atoms with E-state index in [1.165, 1.54) is 16.7 Å². The van der Waals surface area contributed by atoms with Gasteiger partial charge in [0.25, 0.3) is 0 Å². The van der Waals surface area contributed by atoms with Gasteiger partial charge < -0.3 is 15.1 Å². The summed E-state index contributed by atoms with van der Waals surface area (Å²) in [5, 5.41) is 16.8. The third kappa shape index (κ3) is 8.05. The van der Waals surface area contributed by atoms with Crippen LogP contribution in [0.3, 0.4) is 0 Å². The molecule has 4 rings (SSSR count). The SMILES string of the molecule is C[C@@H]1CN(CC=Cc2ccccc2)CC[C@@H]1N(C)c1nc2ccccc2s1.O=C(O)C=CC(=O)O. The first kappa shape index (κ1) is 26.1. The van der Waals surface area contributed by atoms with Gasteiger partial charge in [0.15, 0.2) is 5.13 Å². The second kappa shape index (κ2) is 12.8. The Labute approximate surface area is 209 Å². The van der Waals surface area contributed by atoms with Crippen LogP contribution in [-0.2, 0) is 9.59 Å². The van der Waals surface area contributed by atoms with Crippen LogP contribution in [0.15, 0.2) is 72.8 Å². The molecule has 2 aromatic carbocycles. The molecule has 0 bridgehead atoms. The van der Waals surface area contributed by atoms with Crippen LogP contribution in [0.2, 0.25) is 0 Å². The number of aliphatic carboxylic acids is 2. The van der Waals surface area contributed by atoms with Crippen LogP contribution in [0.5, 0.6) is 0 Å². The van der Waals surface area contributed by atoms with Crippen molar-refractivity contribution in [3.8, 4) is 0 Å². The highest BCUT2D eigenvalue weighted by Crippen LogP contribution is 2.32. The molecule has 2 atom stereocenters. The van der Waals surface area contributed by atoms with Crippen LogP contribution in [0, 0.1) is 5.92 Å². The Morgan fingerprint density at radius 3 is 2.37 bits per heavy atom. The maximum atomic E-state index is 9.55. The van der Waals surface area contributed by atoms with Crippen LogP contribution in [0.4, 0.5) is 5.13 Å². The predicted octanol–water partition coefficient (Wildman–Crippen LogP) is 4.87. The monoisotopic (exact) mass is 493 g/mol. The van der Waals surface area contributed by atoms with E-state index in [4.69, 9.17) is 15.2 Å². The normalized spacial score (nSPS) is 18.5. The van der Waals surface area contributed by atoms with E-state index in [1.807, 2.05) is 0 Å². The highest BCUT2D eigenvalue weighted by molar-refractivity contribution is 7.22. The second-order valence-electron chi connectivity index (χ2n) is 8.49. The molecule has 7 nitrogen and oxygen atoms in total. The fourth-order valence-electron chi connectivity index (χ4n) is 4.16. The maximum absolute atomic E-state index is 9.55. The van der Waals surface area contributed by atoms with Crippen molar-refractivity contribution in [3.05, 3.63) is 78.4 Å². The zero-order valence-electron chi connectivity index (χ0n) is 19.9. The molecule has 0 amide bonds. The lowest BCUT2D eigenvalue weighted by Gasteiger charge is -2.41. The molecular formula is C27H31N3O4S. The second-order valence-corrected chi connectivity index (χ2v) is 9.50. The van der Waals surface area contributed by atoms with Gasteiger partial charge in [-0.05, 0) is 30.0 Å². The summed E-state index contributed by atoms with van der Waals surface area (Å²) in [5.74, 6) is -1.89. The molecule has 1 fully saturated rings. The number of carboxylic acids is 2. The first-order chi connectivity index (χ1) is 16.8. The molecule has 0 unspecified atom stereocenters. The standard InChI is InChI=1S/C23H27N3S.C4H4O4/c1-18-17-26(15-8-11-19-9-4-3-5-10-19)16-14-21(18)25(2)23-24-20-12-6-7-13-22(20)27-23;5-3(6)1-2-4(7)8/h3-13,18,21H,14-17H2,1-2H3;1-2H,(H,5,6)(H,7,8)/t18-,21+;/m1./s1. The van der Waals surface area contributed by atoms with E-state index in [1.54, 1.807) is 11.3 Å². The summed E-state index contributed by atoms with van der Waals surface area (Å²) >= 11 is 1.80. The minimum Gasteiger partial charge on any atom is -0.478 e. The van der Waals surface area contributed by atoms with Crippen LogP contribution < -0.4 is 4.90 Å². The van der Waals surface area contributed by atoms with Crippen LogP contribution >= 0.6 is 11.3 Å². The number of carbonyl (C=O) groups is 2. The number of piperidine rings is 1. The molecule has 1 aromatic heterocycles. The number of aromatic nitrogens is 1. The van der Waals surface area contributed by atoms with Gasteiger partial charge in [-0.2, -0.15) is 0 Å². The lowest BCUT2D eigenvalue weighted by molar-refractivity contribution is -0.134. The van der Waals surface area contributed by atoms with E-state index >= 15 is 0 Å². The third-order valence-corrected chi connectivity index (χ3v) is 6.99. The molecule has 1 aliphatic rings. The molecule has 35 heavy (non-hydrogen) atoms. The van der Waals surface area contributed by atoms with Crippen LogP contribution in [-0.4, -0.2) is 64.8 Å². The van der Waals surface area contributed by atoms with Gasteiger partial charge in [0.1, 0.15) is 0 Å². The van der Waals surface area contributed by atoms with Crippen LogP contribution in [0.25, 0.3) is 16.3 Å². The predicted molar refractivity (Wildman–Crippen MR) is 142 cm³/mol. The third-order valence-electron chi connectivity index (χ3n) is 5.87. The van der Waals surface area contributed by atoms with Crippen molar-refractivity contribution in [3.63, 3.8) is 0 Å². The molecule has 184 valence electrons. The van der Waals surface area contributed by atoms with Gasteiger partial charge in [0.2, 0.25) is 0 Å². The summed E-state index contributed by atoms with van der Waals surface area (Å²) in [6.07, 6.45) is 6.82. The Balaban J connectivity index is 0.000000371. The Morgan fingerprint density at radius 1 is 1.09 bits per heavy atom. The average molecular weight is 494 g/mol. The molecule has 2 heterocycles. The molecule has 1 aliphatic heterocycles. The molecule has 1 saturated heterocycles. The van der Waals surface area contributed by atoms with Gasteiger partial charge in [0, 0.05) is 44.9 Å². The first-order valence-corrected chi connectivity index (χ1v) is 12.3. The van der Waals surface area contributed by atoms with E-state index in [0.717, 1.165) is 30.3 Å². The summed E-state index contributed by atoms with van der Waals surface area (Å²) in [5.41, 5.74) is 2.39. The quantitative estimate of drug-likeness (QED) is 0.454. The Bertz CT molecular complexity index is 1130. The van der Waals surface area contributed by atoms with E-state index in [2.05, 4.69) is 90.5 Å². The first-order valence-electron chi connectivity index (χ1n) is 11.5. The fourth-order valence-corrected chi connectivity index (χ4v) is 5.14. The summed E-state index contributed by atoms with van der Waals surface area (Å²) in [4.78, 5) is 28.9. The molecular weight excluding hydrogens is 462 g/mol. The molecule has 0 radical (unpaired) electrons. The fraction of sp³-hybridized carbons (Fsp3) is 0.296. The molecule has 0 aliphatic carbocycles. The van der Waals surface area contributed by atoms with Gasteiger partial charge in [-0.1, -0.05) is 72.9 Å². The van der Waals surface area contributed by atoms with Gasteiger partial charge in [0.05, 0.1) is 10.2 Å². The van der Waals surface area contributed by atoms with Crippen molar-refractivity contribution in [1.82, 2.24) is 9.88 Å². The number of likely N-dealkylation sites (tertiary alicyclic amines) is 1. The van der Waals surface area contributed by atoms with Crippen molar-refractivity contribution in [2.75, 3.05) is 31.6 Å². The van der Waals surface area contributed by atoms with E-state index in [0.29, 0.717) is 24.1 Å². The summed E-state index contributed by atoms with van der Waals surface area (Å²) in [6.45, 7) is 5.68. The molecule has 2 N–H and O–H groups in total. The van der Waals surface area contributed by atoms with Gasteiger partial charge in [-0.25, -0.2) is 14.6 Å². The van der Waals surface area contributed by atoms with E-state index < -0.39 is 11.9 Å². The number of hydrogen-bond acceptors (Lipinski definition) is 6. The van der Waals surface area contributed by atoms with Crippen molar-refractivity contribution >= 4 is 44.7 Å². The van der Waals surface area contributed by atoms with Crippen molar-refractivity contribution in [1.29, 1.82) is 0 Å². The highest BCUT2D eigenvalue weighted by Gasteiger charge is 2.29. The largest absolute Gasteiger partial charge is 0.478 e. The molecule has 0 spiro atoms. The summed E-state index contributed by atoms with van der Waals surface area (Å²) in [6, 6.07) is 19.5.